The molecule has 1 saturated heterocycles. The standard InChI is InChI=1S/C18H23ClN6O/c1-12-11-13(2)23-18(22-12)24-17-16(20-7-8-21-17)14-4-9-25(10-5-14)15(26)3-6-19/h7-8,11,14H,3-6,9-10H2,1-2H3,(H,21,22,23,24). The normalized spacial score (nSPS) is 15.1. The molecule has 0 saturated carbocycles. The van der Waals surface area contributed by atoms with Crippen molar-refractivity contribution in [1.82, 2.24) is 24.8 Å². The maximum atomic E-state index is 12.0. The molecule has 1 fully saturated rings. The first-order valence-corrected chi connectivity index (χ1v) is 9.34. The maximum absolute atomic E-state index is 12.0. The molecule has 0 spiro atoms. The molecule has 0 aromatic carbocycles. The van der Waals surface area contributed by atoms with Crippen LogP contribution in [0.1, 0.15) is 42.3 Å². The Labute approximate surface area is 158 Å². The molecule has 0 atom stereocenters. The Balaban J connectivity index is 1.73. The number of carbonyl (C=O) groups excluding carboxylic acids is 1. The van der Waals surface area contributed by atoms with Gasteiger partial charge in [-0.1, -0.05) is 0 Å². The van der Waals surface area contributed by atoms with Crippen LogP contribution in [0.5, 0.6) is 0 Å². The van der Waals surface area contributed by atoms with Gasteiger partial charge in [0.25, 0.3) is 0 Å². The van der Waals surface area contributed by atoms with Crippen molar-refractivity contribution in [2.75, 3.05) is 24.3 Å². The highest BCUT2D eigenvalue weighted by molar-refractivity contribution is 6.18. The highest BCUT2D eigenvalue weighted by atomic mass is 35.5. The van der Waals surface area contributed by atoms with Gasteiger partial charge in [0.1, 0.15) is 0 Å². The number of hydrogen-bond donors (Lipinski definition) is 1. The Morgan fingerprint density at radius 3 is 2.50 bits per heavy atom. The number of nitrogens with zero attached hydrogens (tertiary/aromatic N) is 5. The van der Waals surface area contributed by atoms with Gasteiger partial charge in [-0.3, -0.25) is 9.78 Å². The van der Waals surface area contributed by atoms with E-state index in [1.165, 1.54) is 0 Å². The van der Waals surface area contributed by atoms with E-state index in [2.05, 4.69) is 25.3 Å². The minimum atomic E-state index is 0.125. The summed E-state index contributed by atoms with van der Waals surface area (Å²) in [5.74, 6) is 1.95. The smallest absolute Gasteiger partial charge is 0.228 e. The lowest BCUT2D eigenvalue weighted by atomic mass is 9.93. The fourth-order valence-electron chi connectivity index (χ4n) is 3.27. The molecule has 1 N–H and O–H groups in total. The van der Waals surface area contributed by atoms with E-state index in [-0.39, 0.29) is 11.8 Å². The Morgan fingerprint density at radius 2 is 1.85 bits per heavy atom. The topological polar surface area (TPSA) is 83.9 Å². The van der Waals surface area contributed by atoms with Gasteiger partial charge in [-0.15, -0.1) is 11.6 Å². The Bertz CT molecular complexity index is 756. The molecule has 8 heteroatoms. The number of amides is 1. The molecule has 2 aromatic rings. The number of aryl methyl sites for hydroxylation is 2. The summed E-state index contributed by atoms with van der Waals surface area (Å²) in [6.07, 6.45) is 5.47. The number of nitrogens with one attached hydrogen (secondary N) is 1. The fraction of sp³-hybridized carbons (Fsp3) is 0.500. The van der Waals surface area contributed by atoms with Crippen molar-refractivity contribution < 1.29 is 4.79 Å². The summed E-state index contributed by atoms with van der Waals surface area (Å²) in [5.41, 5.74) is 2.70. The zero-order valence-electron chi connectivity index (χ0n) is 15.1. The van der Waals surface area contributed by atoms with Crippen molar-refractivity contribution in [2.45, 2.75) is 39.0 Å². The summed E-state index contributed by atoms with van der Waals surface area (Å²) >= 11 is 5.67. The first kappa shape index (κ1) is 18.5. The molecule has 0 radical (unpaired) electrons. The Hall–Kier alpha value is -2.28. The van der Waals surface area contributed by atoms with Gasteiger partial charge in [0.05, 0.1) is 5.69 Å². The summed E-state index contributed by atoms with van der Waals surface area (Å²) < 4.78 is 0. The van der Waals surface area contributed by atoms with Gasteiger partial charge in [0.2, 0.25) is 11.9 Å². The summed E-state index contributed by atoms with van der Waals surface area (Å²) in [6.45, 7) is 5.31. The van der Waals surface area contributed by atoms with Crippen LogP contribution >= 0.6 is 11.6 Å². The number of carbonyl (C=O) groups is 1. The molecular weight excluding hydrogens is 352 g/mol. The molecular formula is C18H23ClN6O. The zero-order chi connectivity index (χ0) is 18.5. The minimum Gasteiger partial charge on any atom is -0.343 e. The van der Waals surface area contributed by atoms with Crippen LogP contribution in [0, 0.1) is 13.8 Å². The number of anilines is 2. The monoisotopic (exact) mass is 374 g/mol. The third-order valence-electron chi connectivity index (χ3n) is 4.48. The number of halogens is 1. The number of aromatic nitrogens is 4. The number of hydrogen-bond acceptors (Lipinski definition) is 6. The quantitative estimate of drug-likeness (QED) is 0.810. The van der Waals surface area contributed by atoms with Gasteiger partial charge in [-0.25, -0.2) is 15.0 Å². The number of rotatable bonds is 5. The first-order valence-electron chi connectivity index (χ1n) is 8.80. The van der Waals surface area contributed by atoms with E-state index >= 15 is 0 Å². The molecule has 1 amide bonds. The number of likely N-dealkylation sites (tertiary alicyclic amines) is 1. The second-order valence-electron chi connectivity index (χ2n) is 6.48. The molecule has 26 heavy (non-hydrogen) atoms. The molecule has 0 unspecified atom stereocenters. The predicted molar refractivity (Wildman–Crippen MR) is 101 cm³/mol. The molecule has 1 aliphatic heterocycles. The summed E-state index contributed by atoms with van der Waals surface area (Å²) in [5, 5.41) is 3.21. The van der Waals surface area contributed by atoms with E-state index in [9.17, 15) is 4.79 Å². The number of piperidine rings is 1. The summed E-state index contributed by atoms with van der Waals surface area (Å²) in [4.78, 5) is 31.7. The molecule has 138 valence electrons. The maximum Gasteiger partial charge on any atom is 0.228 e. The van der Waals surface area contributed by atoms with Gasteiger partial charge < -0.3 is 10.2 Å². The summed E-state index contributed by atoms with van der Waals surface area (Å²) in [6, 6.07) is 1.93. The largest absolute Gasteiger partial charge is 0.343 e. The zero-order valence-corrected chi connectivity index (χ0v) is 15.8. The Kier molecular flexibility index (Phi) is 5.98. The van der Waals surface area contributed by atoms with E-state index in [0.717, 1.165) is 43.0 Å². The lowest BCUT2D eigenvalue weighted by Crippen LogP contribution is -2.38. The second kappa shape index (κ2) is 8.40. The predicted octanol–water partition coefficient (Wildman–Crippen LogP) is 2.96. The van der Waals surface area contributed by atoms with Gasteiger partial charge in [0, 0.05) is 55.1 Å². The van der Waals surface area contributed by atoms with E-state index in [1.54, 1.807) is 12.4 Å². The van der Waals surface area contributed by atoms with Crippen LogP contribution in [0.25, 0.3) is 0 Å². The third-order valence-corrected chi connectivity index (χ3v) is 4.67. The Morgan fingerprint density at radius 1 is 1.19 bits per heavy atom. The van der Waals surface area contributed by atoms with Gasteiger partial charge in [0.15, 0.2) is 5.82 Å². The van der Waals surface area contributed by atoms with Crippen molar-refractivity contribution in [3.63, 3.8) is 0 Å². The molecule has 7 nitrogen and oxygen atoms in total. The van der Waals surface area contributed by atoms with E-state index < -0.39 is 0 Å². The molecule has 2 aromatic heterocycles. The van der Waals surface area contributed by atoms with Crippen molar-refractivity contribution in [3.05, 3.63) is 35.5 Å². The van der Waals surface area contributed by atoms with Crippen molar-refractivity contribution in [3.8, 4) is 0 Å². The molecule has 0 aliphatic carbocycles. The van der Waals surface area contributed by atoms with Crippen LogP contribution in [-0.4, -0.2) is 49.7 Å². The van der Waals surface area contributed by atoms with Crippen molar-refractivity contribution >= 4 is 29.3 Å². The minimum absolute atomic E-state index is 0.125. The van der Waals surface area contributed by atoms with Crippen LogP contribution in [0.4, 0.5) is 11.8 Å². The molecule has 1 aliphatic rings. The second-order valence-corrected chi connectivity index (χ2v) is 6.86. The lowest BCUT2D eigenvalue weighted by molar-refractivity contribution is -0.131. The lowest BCUT2D eigenvalue weighted by Gasteiger charge is -2.32. The SMILES string of the molecule is Cc1cc(C)nc(Nc2nccnc2C2CCN(C(=O)CCCl)CC2)n1. The average Bonchev–Trinajstić information content (AvgIpc) is 2.62. The highest BCUT2D eigenvalue weighted by Gasteiger charge is 2.26. The highest BCUT2D eigenvalue weighted by Crippen LogP contribution is 2.31. The van der Waals surface area contributed by atoms with Crippen LogP contribution < -0.4 is 5.32 Å². The van der Waals surface area contributed by atoms with Crippen LogP contribution in [0.15, 0.2) is 18.5 Å². The van der Waals surface area contributed by atoms with E-state index in [4.69, 9.17) is 11.6 Å². The van der Waals surface area contributed by atoms with Crippen LogP contribution in [0.3, 0.4) is 0 Å². The fourth-order valence-corrected chi connectivity index (χ4v) is 3.43. The van der Waals surface area contributed by atoms with Crippen LogP contribution in [0.2, 0.25) is 0 Å². The van der Waals surface area contributed by atoms with Gasteiger partial charge >= 0.3 is 0 Å². The van der Waals surface area contributed by atoms with E-state index in [1.807, 2.05) is 24.8 Å². The van der Waals surface area contributed by atoms with Crippen LogP contribution in [-0.2, 0) is 4.79 Å². The van der Waals surface area contributed by atoms with Crippen molar-refractivity contribution in [2.24, 2.45) is 0 Å². The van der Waals surface area contributed by atoms with Gasteiger partial charge in [-0.2, -0.15) is 0 Å². The van der Waals surface area contributed by atoms with Gasteiger partial charge in [-0.05, 0) is 32.8 Å². The first-order chi connectivity index (χ1) is 12.6. The summed E-state index contributed by atoms with van der Waals surface area (Å²) in [7, 11) is 0. The van der Waals surface area contributed by atoms with Crippen molar-refractivity contribution in [1.29, 1.82) is 0 Å². The van der Waals surface area contributed by atoms with E-state index in [0.29, 0.717) is 24.1 Å². The molecule has 3 rings (SSSR count). The average molecular weight is 375 g/mol. The third kappa shape index (κ3) is 4.46. The number of alkyl halides is 1. The molecule has 3 heterocycles. The molecule has 0 bridgehead atoms.